The number of carbonyl (C=O) groups excluding carboxylic acids is 3. The summed E-state index contributed by atoms with van der Waals surface area (Å²) in [6.45, 7) is 6.02. The summed E-state index contributed by atoms with van der Waals surface area (Å²) in [4.78, 5) is 41.5. The number of Topliss-reactive ketones (excluding diaryl/α,β-unsaturated/α-hetero) is 1. The van der Waals surface area contributed by atoms with Crippen LogP contribution in [0.15, 0.2) is 60.8 Å². The zero-order valence-electron chi connectivity index (χ0n) is 22.7. The third-order valence-electron chi connectivity index (χ3n) is 6.02. The number of hydrogen-bond donors (Lipinski definition) is 0. The minimum Gasteiger partial charge on any atom is -0.490 e. The molecule has 0 aliphatic carbocycles. The van der Waals surface area contributed by atoms with E-state index in [9.17, 15) is 23.2 Å². The average molecular weight is 556 g/mol. The quantitative estimate of drug-likeness (QED) is 0.152. The van der Waals surface area contributed by atoms with Crippen molar-refractivity contribution in [1.29, 1.82) is 0 Å². The van der Waals surface area contributed by atoms with E-state index in [0.717, 1.165) is 0 Å². The fourth-order valence-corrected chi connectivity index (χ4v) is 4.11. The topological polar surface area (TPSA) is 101 Å². The van der Waals surface area contributed by atoms with E-state index in [1.54, 1.807) is 45.0 Å². The Morgan fingerprint density at radius 2 is 1.45 bits per heavy atom. The number of ketones is 1. The molecule has 8 nitrogen and oxygen atoms in total. The summed E-state index contributed by atoms with van der Waals surface area (Å²) in [5.41, 5.74) is 1.26. The Hall–Kier alpha value is -4.34. The molecule has 212 valence electrons. The van der Waals surface area contributed by atoms with E-state index in [-0.39, 0.29) is 30.2 Å². The molecule has 0 fully saturated rings. The molecule has 0 saturated carbocycles. The number of esters is 2. The van der Waals surface area contributed by atoms with E-state index in [2.05, 4.69) is 4.98 Å². The van der Waals surface area contributed by atoms with E-state index in [1.807, 2.05) is 0 Å². The summed E-state index contributed by atoms with van der Waals surface area (Å²) < 4.78 is 48.7. The molecule has 0 N–H and O–H groups in total. The molecule has 2 atom stereocenters. The maximum atomic E-state index is 13.6. The number of carbonyl (C=O) groups is 3. The number of ether oxygens (including phenoxy) is 4. The molecule has 0 amide bonds. The molecule has 3 aromatic rings. The van der Waals surface area contributed by atoms with Crippen LogP contribution in [0.1, 0.15) is 61.6 Å². The first-order valence-corrected chi connectivity index (χ1v) is 12.7. The van der Waals surface area contributed by atoms with Crippen LogP contribution in [0.4, 0.5) is 8.78 Å². The number of nitrogens with zero attached hydrogens (tertiary/aromatic N) is 1. The predicted molar refractivity (Wildman–Crippen MR) is 141 cm³/mol. The molecule has 0 unspecified atom stereocenters. The Balaban J connectivity index is 1.76. The summed E-state index contributed by atoms with van der Waals surface area (Å²) in [5.74, 6) is -3.71. The van der Waals surface area contributed by atoms with Crippen LogP contribution in [0.3, 0.4) is 0 Å². The molecule has 0 bridgehead atoms. The van der Waals surface area contributed by atoms with Gasteiger partial charge in [-0.25, -0.2) is 13.8 Å². The molecular formula is C30H31F2NO7. The highest BCUT2D eigenvalue weighted by Crippen LogP contribution is 2.33. The van der Waals surface area contributed by atoms with Crippen LogP contribution < -0.4 is 9.47 Å². The Kier molecular flexibility index (Phi) is 10.7. The highest BCUT2D eigenvalue weighted by molar-refractivity contribution is 5.99. The highest BCUT2D eigenvalue weighted by atomic mass is 19.1. The molecule has 0 spiro atoms. The van der Waals surface area contributed by atoms with Gasteiger partial charge in [-0.2, -0.15) is 0 Å². The maximum Gasteiger partial charge on any atom is 0.309 e. The van der Waals surface area contributed by atoms with Crippen LogP contribution in [0.5, 0.6) is 11.5 Å². The van der Waals surface area contributed by atoms with Gasteiger partial charge in [-0.3, -0.25) is 14.4 Å². The number of aromatic nitrogens is 1. The lowest BCUT2D eigenvalue weighted by Gasteiger charge is -2.26. The van der Waals surface area contributed by atoms with Crippen LogP contribution in [0.2, 0.25) is 0 Å². The van der Waals surface area contributed by atoms with Gasteiger partial charge >= 0.3 is 11.9 Å². The van der Waals surface area contributed by atoms with Crippen molar-refractivity contribution in [2.24, 2.45) is 5.92 Å². The van der Waals surface area contributed by atoms with Gasteiger partial charge in [0.25, 0.3) is 0 Å². The van der Waals surface area contributed by atoms with E-state index < -0.39 is 54.1 Å². The first-order chi connectivity index (χ1) is 19.1. The van der Waals surface area contributed by atoms with Gasteiger partial charge in [-0.15, -0.1) is 0 Å². The third kappa shape index (κ3) is 8.08. The van der Waals surface area contributed by atoms with Crippen molar-refractivity contribution in [1.82, 2.24) is 4.98 Å². The zero-order valence-corrected chi connectivity index (χ0v) is 22.7. The van der Waals surface area contributed by atoms with E-state index in [4.69, 9.17) is 18.9 Å². The van der Waals surface area contributed by atoms with Crippen molar-refractivity contribution < 1.29 is 42.1 Å². The van der Waals surface area contributed by atoms with Gasteiger partial charge in [0, 0.05) is 31.5 Å². The van der Waals surface area contributed by atoms with Gasteiger partial charge < -0.3 is 18.9 Å². The lowest BCUT2D eigenvalue weighted by atomic mass is 9.87. The standard InChI is InChI=1S/C30H31F2NO7/c1-5-37-26-14-15-33-28(29(26)39-17-38-20(4)34)25(35)16-18(2)30(36)40-19(3)27(21-6-10-23(31)11-7-21)22-8-12-24(32)13-9-22/h6-15,18-19,27H,5,16-17H2,1-4H3/t18-,19+/m1/s1. The summed E-state index contributed by atoms with van der Waals surface area (Å²) in [6, 6.07) is 13.0. The van der Waals surface area contributed by atoms with Crippen LogP contribution in [0, 0.1) is 17.6 Å². The smallest absolute Gasteiger partial charge is 0.309 e. The molecule has 0 aliphatic heterocycles. The molecule has 0 radical (unpaired) electrons. The lowest BCUT2D eigenvalue weighted by molar-refractivity contribution is -0.153. The molecule has 1 aromatic heterocycles. The highest BCUT2D eigenvalue weighted by Gasteiger charge is 2.29. The fraction of sp³-hybridized carbons (Fsp3) is 0.333. The minimum absolute atomic E-state index is 0.00257. The van der Waals surface area contributed by atoms with Crippen molar-refractivity contribution >= 4 is 17.7 Å². The Morgan fingerprint density at radius 1 is 0.875 bits per heavy atom. The lowest BCUT2D eigenvalue weighted by Crippen LogP contribution is -2.28. The fourth-order valence-electron chi connectivity index (χ4n) is 4.11. The van der Waals surface area contributed by atoms with E-state index in [0.29, 0.717) is 11.1 Å². The van der Waals surface area contributed by atoms with Gasteiger partial charge in [0.15, 0.2) is 23.0 Å². The van der Waals surface area contributed by atoms with Crippen molar-refractivity contribution in [3.05, 3.63) is 89.2 Å². The normalized spacial score (nSPS) is 12.4. The number of benzene rings is 2. The van der Waals surface area contributed by atoms with Crippen LogP contribution >= 0.6 is 0 Å². The minimum atomic E-state index is -0.865. The second-order valence-electron chi connectivity index (χ2n) is 9.07. The van der Waals surface area contributed by atoms with Gasteiger partial charge in [0.2, 0.25) is 6.79 Å². The molecule has 3 rings (SSSR count). The molecule has 0 saturated heterocycles. The number of pyridine rings is 1. The maximum absolute atomic E-state index is 13.6. The first-order valence-electron chi connectivity index (χ1n) is 12.7. The molecule has 2 aromatic carbocycles. The Morgan fingerprint density at radius 3 is 1.98 bits per heavy atom. The monoisotopic (exact) mass is 555 g/mol. The molecule has 1 heterocycles. The number of halogens is 2. The van der Waals surface area contributed by atoms with Crippen LogP contribution in [-0.4, -0.2) is 42.2 Å². The summed E-state index contributed by atoms with van der Waals surface area (Å²) in [7, 11) is 0. The Labute approximate surface area is 231 Å². The van der Waals surface area contributed by atoms with E-state index >= 15 is 0 Å². The van der Waals surface area contributed by atoms with Crippen LogP contribution in [-0.2, 0) is 19.1 Å². The van der Waals surface area contributed by atoms with Gasteiger partial charge in [-0.1, -0.05) is 31.2 Å². The van der Waals surface area contributed by atoms with Crippen molar-refractivity contribution in [3.63, 3.8) is 0 Å². The second kappa shape index (κ2) is 14.2. The average Bonchev–Trinajstić information content (AvgIpc) is 2.91. The number of hydrogen-bond acceptors (Lipinski definition) is 8. The van der Waals surface area contributed by atoms with Crippen molar-refractivity contribution in [2.45, 2.75) is 46.1 Å². The SMILES string of the molecule is CCOc1ccnc(C(=O)C[C@@H](C)C(=O)O[C@@H](C)C(c2ccc(F)cc2)c2ccc(F)cc2)c1OCOC(C)=O. The molecule has 10 heteroatoms. The summed E-state index contributed by atoms with van der Waals surface area (Å²) in [5, 5.41) is 0. The summed E-state index contributed by atoms with van der Waals surface area (Å²) in [6.07, 6.45) is 0.386. The van der Waals surface area contributed by atoms with Gasteiger partial charge in [0.1, 0.15) is 17.7 Å². The second-order valence-corrected chi connectivity index (χ2v) is 9.07. The third-order valence-corrected chi connectivity index (χ3v) is 6.02. The van der Waals surface area contributed by atoms with E-state index in [1.165, 1.54) is 43.5 Å². The van der Waals surface area contributed by atoms with Crippen molar-refractivity contribution in [2.75, 3.05) is 13.4 Å². The van der Waals surface area contributed by atoms with Gasteiger partial charge in [-0.05, 0) is 49.2 Å². The van der Waals surface area contributed by atoms with Crippen molar-refractivity contribution in [3.8, 4) is 11.5 Å². The first kappa shape index (κ1) is 30.2. The molecule has 40 heavy (non-hydrogen) atoms. The molecular weight excluding hydrogens is 524 g/mol. The van der Waals surface area contributed by atoms with Gasteiger partial charge in [0.05, 0.1) is 12.5 Å². The zero-order chi connectivity index (χ0) is 29.2. The summed E-state index contributed by atoms with van der Waals surface area (Å²) >= 11 is 0. The number of rotatable bonds is 13. The Bertz CT molecular complexity index is 1270. The largest absolute Gasteiger partial charge is 0.490 e. The predicted octanol–water partition coefficient (Wildman–Crippen LogP) is 5.63. The van der Waals surface area contributed by atoms with Crippen LogP contribution in [0.25, 0.3) is 0 Å². The molecule has 0 aliphatic rings.